The number of nitrogens with one attached hydrogen (secondary N) is 1. The van der Waals surface area contributed by atoms with Crippen LogP contribution >= 0.6 is 0 Å². The van der Waals surface area contributed by atoms with Gasteiger partial charge in [0.15, 0.2) is 0 Å². The monoisotopic (exact) mass is 294 g/mol. The Hall–Kier alpha value is -1.36. The molecule has 0 spiro atoms. The Morgan fingerprint density at radius 1 is 1.29 bits per heavy atom. The van der Waals surface area contributed by atoms with E-state index in [0.29, 0.717) is 19.0 Å². The number of hydrogen-bond donors (Lipinski definition) is 1. The van der Waals surface area contributed by atoms with Gasteiger partial charge in [-0.1, -0.05) is 12.2 Å². The summed E-state index contributed by atoms with van der Waals surface area (Å²) in [5.74, 6) is 0.247. The van der Waals surface area contributed by atoms with Crippen molar-refractivity contribution in [1.82, 2.24) is 10.2 Å². The topological polar surface area (TPSA) is 58.6 Å². The van der Waals surface area contributed by atoms with E-state index in [1.54, 1.807) is 4.90 Å². The second-order valence-corrected chi connectivity index (χ2v) is 6.16. The van der Waals surface area contributed by atoms with Gasteiger partial charge >= 0.3 is 0 Å². The van der Waals surface area contributed by atoms with E-state index in [-0.39, 0.29) is 24.0 Å². The fourth-order valence-electron chi connectivity index (χ4n) is 3.32. The molecule has 118 valence electrons. The van der Waals surface area contributed by atoms with Gasteiger partial charge in [-0.3, -0.25) is 9.59 Å². The number of ether oxygens (including phenoxy) is 1. The molecule has 0 aromatic rings. The molecule has 3 atom stereocenters. The molecule has 21 heavy (non-hydrogen) atoms. The summed E-state index contributed by atoms with van der Waals surface area (Å²) in [7, 11) is 0. The van der Waals surface area contributed by atoms with Crippen LogP contribution in [0.3, 0.4) is 0 Å². The minimum atomic E-state index is -0.304. The molecule has 0 radical (unpaired) electrons. The lowest BCUT2D eigenvalue weighted by atomic mass is 9.96. The highest BCUT2D eigenvalue weighted by atomic mass is 16.5. The number of likely N-dealkylation sites (tertiary alicyclic amines) is 1. The summed E-state index contributed by atoms with van der Waals surface area (Å²) >= 11 is 0. The summed E-state index contributed by atoms with van der Waals surface area (Å²) in [6, 6.07) is -0.304. The maximum absolute atomic E-state index is 12.4. The smallest absolute Gasteiger partial charge is 0.242 e. The number of nitrogens with zero attached hydrogens (tertiary/aromatic N) is 1. The first-order chi connectivity index (χ1) is 10.0. The molecule has 0 unspecified atom stereocenters. The number of carbonyl (C=O) groups excluding carboxylic acids is 2. The SMILES string of the molecule is C=C(C)[C@@H]1OCC[C@H]1CNC(=O)[C@H]1CCCCN1C(C)=O. The Balaban J connectivity index is 1.88. The molecule has 2 aliphatic heterocycles. The third-order valence-corrected chi connectivity index (χ3v) is 4.45. The average Bonchev–Trinajstić information content (AvgIpc) is 2.93. The van der Waals surface area contributed by atoms with E-state index in [1.807, 2.05) is 6.92 Å². The van der Waals surface area contributed by atoms with E-state index in [2.05, 4.69) is 11.9 Å². The fourth-order valence-corrected chi connectivity index (χ4v) is 3.32. The van der Waals surface area contributed by atoms with Crippen molar-refractivity contribution in [3.8, 4) is 0 Å². The summed E-state index contributed by atoms with van der Waals surface area (Å²) in [5.41, 5.74) is 1.01. The molecule has 2 aliphatic rings. The largest absolute Gasteiger partial charge is 0.374 e. The standard InChI is InChI=1S/C16H26N2O3/c1-11(2)15-13(7-9-21-15)10-17-16(20)14-6-4-5-8-18(14)12(3)19/h13-15H,1,4-10H2,2-3H3,(H,17,20)/t13-,14+,15-/m0/s1. The van der Waals surface area contributed by atoms with Crippen molar-refractivity contribution in [3.05, 3.63) is 12.2 Å². The lowest BCUT2D eigenvalue weighted by Gasteiger charge is -2.34. The van der Waals surface area contributed by atoms with Crippen LogP contribution in [0.1, 0.15) is 39.5 Å². The number of carbonyl (C=O) groups is 2. The normalized spacial score (nSPS) is 29.2. The Bertz CT molecular complexity index is 422. The lowest BCUT2D eigenvalue weighted by molar-refractivity contribution is -0.140. The van der Waals surface area contributed by atoms with E-state index in [4.69, 9.17) is 4.74 Å². The fraction of sp³-hybridized carbons (Fsp3) is 0.750. The zero-order valence-corrected chi connectivity index (χ0v) is 13.1. The van der Waals surface area contributed by atoms with Crippen molar-refractivity contribution in [2.24, 2.45) is 5.92 Å². The van der Waals surface area contributed by atoms with Gasteiger partial charge in [0.05, 0.1) is 6.10 Å². The van der Waals surface area contributed by atoms with Crippen LogP contribution in [0.25, 0.3) is 0 Å². The summed E-state index contributed by atoms with van der Waals surface area (Å²) in [5, 5.41) is 3.01. The van der Waals surface area contributed by atoms with Crippen LogP contribution in [-0.2, 0) is 14.3 Å². The maximum atomic E-state index is 12.4. The number of amides is 2. The van der Waals surface area contributed by atoms with Crippen molar-refractivity contribution in [2.75, 3.05) is 19.7 Å². The van der Waals surface area contributed by atoms with Gasteiger partial charge < -0.3 is 15.0 Å². The highest BCUT2D eigenvalue weighted by Gasteiger charge is 2.33. The van der Waals surface area contributed by atoms with Crippen LogP contribution in [0.15, 0.2) is 12.2 Å². The molecule has 2 saturated heterocycles. The van der Waals surface area contributed by atoms with E-state index < -0.39 is 0 Å². The molecular weight excluding hydrogens is 268 g/mol. The molecule has 5 nitrogen and oxygen atoms in total. The maximum Gasteiger partial charge on any atom is 0.242 e. The highest BCUT2D eigenvalue weighted by molar-refractivity contribution is 5.87. The molecule has 0 aliphatic carbocycles. The molecule has 0 bridgehead atoms. The Morgan fingerprint density at radius 3 is 2.71 bits per heavy atom. The molecule has 5 heteroatoms. The molecule has 2 fully saturated rings. The van der Waals surface area contributed by atoms with Gasteiger partial charge in [-0.15, -0.1) is 0 Å². The van der Waals surface area contributed by atoms with Crippen LogP contribution in [0, 0.1) is 5.92 Å². The first kappa shape index (κ1) is 16.0. The molecule has 0 aromatic carbocycles. The second kappa shape index (κ2) is 7.07. The summed E-state index contributed by atoms with van der Waals surface area (Å²) in [4.78, 5) is 25.7. The summed E-state index contributed by atoms with van der Waals surface area (Å²) < 4.78 is 5.65. The molecule has 0 saturated carbocycles. The zero-order chi connectivity index (χ0) is 15.4. The zero-order valence-electron chi connectivity index (χ0n) is 13.1. The van der Waals surface area contributed by atoms with E-state index >= 15 is 0 Å². The summed E-state index contributed by atoms with van der Waals surface area (Å²) in [6.07, 6.45) is 3.73. The molecule has 2 heterocycles. The van der Waals surface area contributed by atoms with Crippen molar-refractivity contribution in [3.63, 3.8) is 0 Å². The molecule has 2 rings (SSSR count). The van der Waals surface area contributed by atoms with E-state index in [1.165, 1.54) is 6.92 Å². The Morgan fingerprint density at radius 2 is 2.05 bits per heavy atom. The summed E-state index contributed by atoms with van der Waals surface area (Å²) in [6.45, 7) is 9.45. The molecular formula is C16H26N2O3. The molecule has 1 N–H and O–H groups in total. The van der Waals surface area contributed by atoms with Gasteiger partial charge in [-0.25, -0.2) is 0 Å². The third-order valence-electron chi connectivity index (χ3n) is 4.45. The first-order valence-electron chi connectivity index (χ1n) is 7.82. The van der Waals surface area contributed by atoms with Gasteiger partial charge in [0, 0.05) is 32.5 Å². The van der Waals surface area contributed by atoms with Gasteiger partial charge in [-0.05, 0) is 32.6 Å². The highest BCUT2D eigenvalue weighted by Crippen LogP contribution is 2.25. The van der Waals surface area contributed by atoms with Crippen molar-refractivity contribution in [1.29, 1.82) is 0 Å². The number of piperidine rings is 1. The van der Waals surface area contributed by atoms with Crippen LogP contribution in [0.4, 0.5) is 0 Å². The molecule has 2 amide bonds. The average molecular weight is 294 g/mol. The minimum absolute atomic E-state index is 0.0149. The Kier molecular flexibility index (Phi) is 5.39. The minimum Gasteiger partial charge on any atom is -0.374 e. The predicted octanol–water partition coefficient (Wildman–Crippen LogP) is 1.48. The van der Waals surface area contributed by atoms with Crippen LogP contribution in [0.2, 0.25) is 0 Å². The van der Waals surface area contributed by atoms with E-state index in [0.717, 1.165) is 37.9 Å². The number of rotatable bonds is 4. The van der Waals surface area contributed by atoms with Gasteiger partial charge in [0.1, 0.15) is 6.04 Å². The van der Waals surface area contributed by atoms with Crippen LogP contribution < -0.4 is 5.32 Å². The molecule has 0 aromatic heterocycles. The predicted molar refractivity (Wildman–Crippen MR) is 80.7 cm³/mol. The van der Waals surface area contributed by atoms with Gasteiger partial charge in [0.25, 0.3) is 0 Å². The third kappa shape index (κ3) is 3.84. The Labute approximate surface area is 126 Å². The first-order valence-corrected chi connectivity index (χ1v) is 7.82. The number of hydrogen-bond acceptors (Lipinski definition) is 3. The quantitative estimate of drug-likeness (QED) is 0.799. The van der Waals surface area contributed by atoms with Crippen molar-refractivity contribution in [2.45, 2.75) is 51.7 Å². The van der Waals surface area contributed by atoms with Gasteiger partial charge in [0.2, 0.25) is 11.8 Å². The van der Waals surface area contributed by atoms with Gasteiger partial charge in [-0.2, -0.15) is 0 Å². The second-order valence-electron chi connectivity index (χ2n) is 6.16. The van der Waals surface area contributed by atoms with Crippen LogP contribution in [-0.4, -0.2) is 48.6 Å². The lowest BCUT2D eigenvalue weighted by Crippen LogP contribution is -2.52. The van der Waals surface area contributed by atoms with Crippen molar-refractivity contribution >= 4 is 11.8 Å². The van der Waals surface area contributed by atoms with Crippen LogP contribution in [0.5, 0.6) is 0 Å². The van der Waals surface area contributed by atoms with E-state index in [9.17, 15) is 9.59 Å². The van der Waals surface area contributed by atoms with Crippen molar-refractivity contribution < 1.29 is 14.3 Å².